The average Bonchev–Trinajstić information content (AvgIpc) is 4.03. The number of nitrogens with two attached hydrogens (primary N) is 1. The zero-order valence-corrected chi connectivity index (χ0v) is 30.6. The van der Waals surface area contributed by atoms with Crippen LogP contribution in [0.5, 0.6) is 0 Å². The fraction of sp³-hybridized carbons (Fsp3) is 0.649. The van der Waals surface area contributed by atoms with Crippen LogP contribution in [0, 0.1) is 23.6 Å². The highest BCUT2D eigenvalue weighted by atomic mass is 19.1. The van der Waals surface area contributed by atoms with Gasteiger partial charge in [-0.05, 0) is 108 Å². The molecule has 5 N–H and O–H groups in total. The molecule has 4 amide bonds. The average molecular weight is 684 g/mol. The Labute approximate surface area is 291 Å². The Balaban J connectivity index is 0.00000319. The number of likely N-dealkylation sites (N-methyl/N-ethyl adjacent to an activating group) is 1. The third kappa shape index (κ3) is 10.8. The lowest BCUT2D eigenvalue weighted by atomic mass is 9.88. The molecule has 4 unspecified atom stereocenters. The highest BCUT2D eigenvalue weighted by Gasteiger charge is 2.48. The Morgan fingerprint density at radius 1 is 1.02 bits per heavy atom. The molecule has 0 radical (unpaired) electrons. The molecule has 1 saturated heterocycles. The second-order valence-corrected chi connectivity index (χ2v) is 13.8. The van der Waals surface area contributed by atoms with Gasteiger partial charge < -0.3 is 31.5 Å². The Morgan fingerprint density at radius 3 is 2.14 bits per heavy atom. The van der Waals surface area contributed by atoms with Crippen LogP contribution in [-0.2, 0) is 19.2 Å². The molecule has 4 rings (SSSR count). The normalized spacial score (nSPS) is 19.8. The van der Waals surface area contributed by atoms with Crippen molar-refractivity contribution in [2.75, 3.05) is 32.5 Å². The molecule has 0 spiro atoms. The number of hydrogen-bond acceptors (Lipinski definition) is 7. The molecule has 2 aliphatic carbocycles. The largest absolute Gasteiger partial charge is 0.405 e. The van der Waals surface area contributed by atoms with E-state index in [4.69, 9.17) is 5.73 Å². The number of anilines is 1. The molecule has 3 aliphatic rings. The summed E-state index contributed by atoms with van der Waals surface area (Å²) in [5.41, 5.74) is 6.18. The summed E-state index contributed by atoms with van der Waals surface area (Å²) in [4.78, 5) is 61.5. The van der Waals surface area contributed by atoms with Gasteiger partial charge in [0.1, 0.15) is 23.6 Å². The summed E-state index contributed by atoms with van der Waals surface area (Å²) in [5.74, 6) is -2.08. The zero-order chi connectivity index (χ0) is 36.4. The van der Waals surface area contributed by atoms with Gasteiger partial charge in [0.05, 0.1) is 5.69 Å². The summed E-state index contributed by atoms with van der Waals surface area (Å²) >= 11 is 0. The molecule has 3 fully saturated rings. The molecule has 1 aromatic rings. The van der Waals surface area contributed by atoms with Gasteiger partial charge in [0, 0.05) is 37.5 Å². The van der Waals surface area contributed by atoms with E-state index in [0.717, 1.165) is 32.1 Å². The zero-order valence-electron chi connectivity index (χ0n) is 30.6. The number of carbonyl (C=O) groups excluding carboxylic acids is 4. The van der Waals surface area contributed by atoms with Crippen LogP contribution in [0.15, 0.2) is 35.5 Å². The number of amides is 4. The lowest BCUT2D eigenvalue weighted by Crippen LogP contribution is -2.51. The first-order valence-corrected chi connectivity index (χ1v) is 18.0. The minimum Gasteiger partial charge on any atom is -0.405 e. The molecule has 11 nitrogen and oxygen atoms in total. The number of nitrogens with one attached hydrogen (secondary N) is 3. The summed E-state index contributed by atoms with van der Waals surface area (Å²) in [5, 5.41) is 8.50. The van der Waals surface area contributed by atoms with Crippen molar-refractivity contribution in [3.8, 4) is 0 Å². The Hall–Kier alpha value is -3.80. The lowest BCUT2D eigenvalue weighted by molar-refractivity contribution is -0.136. The molecule has 0 aromatic heterocycles. The van der Waals surface area contributed by atoms with Gasteiger partial charge in [-0.3, -0.25) is 24.2 Å². The Morgan fingerprint density at radius 2 is 1.65 bits per heavy atom. The van der Waals surface area contributed by atoms with Crippen LogP contribution < -0.4 is 21.7 Å². The fourth-order valence-corrected chi connectivity index (χ4v) is 6.55. The van der Waals surface area contributed by atoms with Crippen LogP contribution in [0.1, 0.15) is 91.5 Å². The van der Waals surface area contributed by atoms with E-state index >= 15 is 4.39 Å². The summed E-state index contributed by atoms with van der Waals surface area (Å²) in [6, 6.07) is 2.78. The number of hydrogen-bond donors (Lipinski definition) is 4. The second-order valence-electron chi connectivity index (χ2n) is 13.8. The molecule has 1 heterocycles. The van der Waals surface area contributed by atoms with Crippen LogP contribution in [0.2, 0.25) is 0 Å². The van der Waals surface area contributed by atoms with Crippen molar-refractivity contribution in [2.24, 2.45) is 28.5 Å². The van der Waals surface area contributed by atoms with E-state index in [-0.39, 0.29) is 47.6 Å². The third-order valence-electron chi connectivity index (χ3n) is 9.56. The third-order valence-corrected chi connectivity index (χ3v) is 9.56. The van der Waals surface area contributed by atoms with Crippen molar-refractivity contribution in [3.63, 3.8) is 0 Å². The summed E-state index contributed by atoms with van der Waals surface area (Å²) in [7, 11) is 3.96. The van der Waals surface area contributed by atoms with E-state index < -0.39 is 35.6 Å². The smallest absolute Gasteiger partial charge is 0.270 e. The standard InChI is InChI=1S/C35H52FN7O4.C2H6/c1-7-29(44)40-31(35(47)43-17-15-25(19-43)42(5)6)21(4)24-12-13-27(26(36)18-24)39-34(46)32(30(22-8-9-22)23-10-11-23)41-33(45)28(14-16-37)38-20(2)3;1-2/h12-14,16,18,20-23,25,30-32H,7-11,15,17,19,37H2,1-6H3,(H,39,46)(H,40,44)(H,41,45);1-2H3/b16-14-,38-28?;. The maximum Gasteiger partial charge on any atom is 0.270 e. The highest BCUT2D eigenvalue weighted by molar-refractivity contribution is 6.43. The monoisotopic (exact) mass is 683 g/mol. The van der Waals surface area contributed by atoms with Crippen molar-refractivity contribution in [1.29, 1.82) is 0 Å². The number of halogens is 1. The number of nitrogens with zero attached hydrogens (tertiary/aromatic N) is 3. The van der Waals surface area contributed by atoms with Crippen LogP contribution in [0.3, 0.4) is 0 Å². The molecule has 4 atom stereocenters. The van der Waals surface area contributed by atoms with Crippen molar-refractivity contribution in [3.05, 3.63) is 41.9 Å². The Kier molecular flexibility index (Phi) is 14.8. The SMILES string of the molecule is CC.CCC(=O)NC(C(=O)N1CCC(N(C)C)C1)C(C)c1ccc(NC(=O)C(NC(=O)C(/C=C\N)=NC(C)C)C(C2CC2)C2CC2)c(F)c1. The van der Waals surface area contributed by atoms with Crippen LogP contribution in [0.25, 0.3) is 0 Å². The number of likely N-dealkylation sites (tertiary alicyclic amines) is 1. The van der Waals surface area contributed by atoms with Crippen LogP contribution in [0.4, 0.5) is 10.1 Å². The second kappa shape index (κ2) is 18.3. The minimum atomic E-state index is -0.873. The number of carbonyl (C=O) groups is 4. The Bertz CT molecular complexity index is 1360. The van der Waals surface area contributed by atoms with Gasteiger partial charge in [0.25, 0.3) is 5.91 Å². The first-order valence-electron chi connectivity index (χ1n) is 18.0. The van der Waals surface area contributed by atoms with Crippen molar-refractivity contribution in [2.45, 2.75) is 110 Å². The molecule has 1 aromatic carbocycles. The van der Waals surface area contributed by atoms with E-state index in [1.54, 1.807) is 24.8 Å². The van der Waals surface area contributed by atoms with Crippen LogP contribution >= 0.6 is 0 Å². The summed E-state index contributed by atoms with van der Waals surface area (Å²) in [6.07, 6.45) is 7.65. The summed E-state index contributed by atoms with van der Waals surface area (Å²) in [6.45, 7) is 12.3. The highest BCUT2D eigenvalue weighted by Crippen LogP contribution is 2.51. The molecule has 2 saturated carbocycles. The van der Waals surface area contributed by atoms with E-state index in [1.807, 2.05) is 41.8 Å². The van der Waals surface area contributed by atoms with E-state index in [9.17, 15) is 19.2 Å². The summed E-state index contributed by atoms with van der Waals surface area (Å²) < 4.78 is 15.7. The first kappa shape index (κ1) is 39.6. The van der Waals surface area contributed by atoms with E-state index in [2.05, 4.69) is 25.8 Å². The van der Waals surface area contributed by atoms with E-state index in [0.29, 0.717) is 30.5 Å². The maximum absolute atomic E-state index is 15.7. The predicted molar refractivity (Wildman–Crippen MR) is 192 cm³/mol. The molecular weight excluding hydrogens is 625 g/mol. The quantitative estimate of drug-likeness (QED) is 0.204. The van der Waals surface area contributed by atoms with Gasteiger partial charge in [-0.2, -0.15) is 0 Å². The number of rotatable bonds is 15. The number of aliphatic imine (C=N–C) groups is 1. The molecule has 0 bridgehead atoms. The molecule has 49 heavy (non-hydrogen) atoms. The topological polar surface area (TPSA) is 149 Å². The lowest BCUT2D eigenvalue weighted by Gasteiger charge is -2.30. The van der Waals surface area contributed by atoms with Gasteiger partial charge in [0.15, 0.2) is 0 Å². The fourth-order valence-electron chi connectivity index (χ4n) is 6.55. The van der Waals surface area contributed by atoms with Gasteiger partial charge in [-0.25, -0.2) is 4.39 Å². The van der Waals surface area contributed by atoms with Crippen molar-refractivity contribution < 1.29 is 23.6 Å². The van der Waals surface area contributed by atoms with Crippen molar-refractivity contribution >= 4 is 35.0 Å². The van der Waals surface area contributed by atoms with Gasteiger partial charge in [0.2, 0.25) is 17.7 Å². The van der Waals surface area contributed by atoms with Gasteiger partial charge >= 0.3 is 0 Å². The molecule has 272 valence electrons. The predicted octanol–water partition coefficient (Wildman–Crippen LogP) is 4.19. The van der Waals surface area contributed by atoms with E-state index in [1.165, 1.54) is 24.4 Å². The molecule has 12 heteroatoms. The first-order chi connectivity index (χ1) is 23.3. The molecule has 1 aliphatic heterocycles. The minimum absolute atomic E-state index is 0.0256. The number of benzene rings is 1. The van der Waals surface area contributed by atoms with Gasteiger partial charge in [-0.1, -0.05) is 33.8 Å². The molecular formula is C37H58FN7O4. The van der Waals surface area contributed by atoms with Crippen LogP contribution in [-0.4, -0.2) is 90.5 Å². The maximum atomic E-state index is 15.7. The van der Waals surface area contributed by atoms with Crippen molar-refractivity contribution in [1.82, 2.24) is 20.4 Å². The van der Waals surface area contributed by atoms with Gasteiger partial charge in [-0.15, -0.1) is 0 Å².